The summed E-state index contributed by atoms with van der Waals surface area (Å²) in [7, 11) is 0. The summed E-state index contributed by atoms with van der Waals surface area (Å²) in [5.74, 6) is 0.0388. The van der Waals surface area contributed by atoms with Gasteiger partial charge in [0.15, 0.2) is 0 Å². The minimum absolute atomic E-state index is 0.0388. The number of carbonyl (C=O) groups is 1. The van der Waals surface area contributed by atoms with E-state index in [4.69, 9.17) is 0 Å². The van der Waals surface area contributed by atoms with Gasteiger partial charge in [0, 0.05) is 12.1 Å². The Hall–Kier alpha value is -1.35. The Kier molecular flexibility index (Phi) is 5.12. The third-order valence-electron chi connectivity index (χ3n) is 2.79. The van der Waals surface area contributed by atoms with Crippen molar-refractivity contribution < 1.29 is 4.79 Å². The van der Waals surface area contributed by atoms with Gasteiger partial charge in [-0.1, -0.05) is 29.3 Å². The Bertz CT molecular complexity index is 426. The maximum absolute atomic E-state index is 11.9. The monoisotopic (exact) mass is 262 g/mol. The van der Waals surface area contributed by atoms with E-state index in [9.17, 15) is 4.79 Å². The average molecular weight is 262 g/mol. The first kappa shape index (κ1) is 15.7. The average Bonchev–Trinajstić information content (AvgIpc) is 2.22. The van der Waals surface area contributed by atoms with Crippen LogP contribution < -0.4 is 10.6 Å². The molecule has 1 unspecified atom stereocenters. The molecule has 1 aromatic rings. The van der Waals surface area contributed by atoms with Crippen LogP contribution in [0, 0.1) is 13.8 Å². The van der Waals surface area contributed by atoms with Crippen LogP contribution in [0.2, 0.25) is 0 Å². The second-order valence-corrected chi connectivity index (χ2v) is 6.34. The van der Waals surface area contributed by atoms with E-state index in [-0.39, 0.29) is 17.5 Å². The fourth-order valence-electron chi connectivity index (χ4n) is 2.01. The molecule has 0 heterocycles. The summed E-state index contributed by atoms with van der Waals surface area (Å²) >= 11 is 0. The third-order valence-corrected chi connectivity index (χ3v) is 2.79. The molecular formula is C16H26N2O. The van der Waals surface area contributed by atoms with E-state index >= 15 is 0 Å². The summed E-state index contributed by atoms with van der Waals surface area (Å²) < 4.78 is 0. The molecule has 1 atom stereocenters. The summed E-state index contributed by atoms with van der Waals surface area (Å²) in [5.41, 5.74) is 3.53. The van der Waals surface area contributed by atoms with Crippen LogP contribution in [0.4, 0.5) is 0 Å². The zero-order valence-electron chi connectivity index (χ0n) is 12.9. The standard InChI is InChI=1S/C16H26N2O/c1-11-7-12(2)9-14(8-11)10-17-13(3)15(19)18-16(4,5)6/h7-9,13,17H,10H2,1-6H3,(H,18,19). The highest BCUT2D eigenvalue weighted by Crippen LogP contribution is 2.09. The number of amides is 1. The number of hydrogen-bond donors (Lipinski definition) is 2. The predicted molar refractivity (Wildman–Crippen MR) is 80.1 cm³/mol. The highest BCUT2D eigenvalue weighted by atomic mass is 16.2. The molecule has 1 amide bonds. The van der Waals surface area contributed by atoms with Crippen molar-refractivity contribution in [3.63, 3.8) is 0 Å². The van der Waals surface area contributed by atoms with Crippen LogP contribution >= 0.6 is 0 Å². The first-order chi connectivity index (χ1) is 8.67. The van der Waals surface area contributed by atoms with E-state index in [0.717, 1.165) is 0 Å². The van der Waals surface area contributed by atoms with E-state index in [1.54, 1.807) is 0 Å². The maximum Gasteiger partial charge on any atom is 0.237 e. The van der Waals surface area contributed by atoms with Crippen molar-refractivity contribution in [1.82, 2.24) is 10.6 Å². The molecule has 0 radical (unpaired) electrons. The van der Waals surface area contributed by atoms with Crippen molar-refractivity contribution in [2.24, 2.45) is 0 Å². The Labute approximate surface area is 116 Å². The molecule has 0 aliphatic rings. The molecule has 0 saturated heterocycles. The van der Waals surface area contributed by atoms with Gasteiger partial charge in [-0.3, -0.25) is 4.79 Å². The summed E-state index contributed by atoms with van der Waals surface area (Å²) in [4.78, 5) is 11.9. The molecular weight excluding hydrogens is 236 g/mol. The van der Waals surface area contributed by atoms with Crippen molar-refractivity contribution in [3.8, 4) is 0 Å². The lowest BCUT2D eigenvalue weighted by molar-refractivity contribution is -0.124. The van der Waals surface area contributed by atoms with E-state index in [1.807, 2.05) is 27.7 Å². The maximum atomic E-state index is 11.9. The molecule has 0 fully saturated rings. The lowest BCUT2D eigenvalue weighted by Crippen LogP contribution is -2.49. The van der Waals surface area contributed by atoms with Gasteiger partial charge in [0.1, 0.15) is 0 Å². The number of aryl methyl sites for hydroxylation is 2. The molecule has 3 heteroatoms. The fraction of sp³-hybridized carbons (Fsp3) is 0.562. The number of rotatable bonds is 4. The van der Waals surface area contributed by atoms with Gasteiger partial charge in [0.25, 0.3) is 0 Å². The predicted octanol–water partition coefficient (Wildman–Crippen LogP) is 2.70. The smallest absolute Gasteiger partial charge is 0.237 e. The molecule has 0 aromatic heterocycles. The SMILES string of the molecule is Cc1cc(C)cc(CNC(C)C(=O)NC(C)(C)C)c1. The van der Waals surface area contributed by atoms with Crippen molar-refractivity contribution in [2.45, 2.75) is 59.7 Å². The second kappa shape index (κ2) is 6.20. The normalized spacial score (nSPS) is 13.2. The summed E-state index contributed by atoms with van der Waals surface area (Å²) in [5, 5.41) is 6.24. The molecule has 0 spiro atoms. The van der Waals surface area contributed by atoms with Crippen molar-refractivity contribution in [2.75, 3.05) is 0 Å². The van der Waals surface area contributed by atoms with E-state index in [0.29, 0.717) is 6.54 Å². The lowest BCUT2D eigenvalue weighted by atomic mass is 10.1. The fourth-order valence-corrected chi connectivity index (χ4v) is 2.01. The quantitative estimate of drug-likeness (QED) is 0.876. The topological polar surface area (TPSA) is 41.1 Å². The van der Waals surface area contributed by atoms with Crippen LogP contribution in [0.25, 0.3) is 0 Å². The van der Waals surface area contributed by atoms with Crippen LogP contribution in [-0.2, 0) is 11.3 Å². The molecule has 0 aliphatic heterocycles. The van der Waals surface area contributed by atoms with E-state index < -0.39 is 0 Å². The molecule has 1 aromatic carbocycles. The van der Waals surface area contributed by atoms with Gasteiger partial charge >= 0.3 is 0 Å². The second-order valence-electron chi connectivity index (χ2n) is 6.34. The molecule has 1 rings (SSSR count). The number of benzene rings is 1. The largest absolute Gasteiger partial charge is 0.350 e. The highest BCUT2D eigenvalue weighted by molar-refractivity contribution is 5.81. The van der Waals surface area contributed by atoms with Gasteiger partial charge in [-0.25, -0.2) is 0 Å². The van der Waals surface area contributed by atoms with Crippen molar-refractivity contribution >= 4 is 5.91 Å². The summed E-state index contributed by atoms with van der Waals surface area (Å²) in [6, 6.07) is 6.25. The van der Waals surface area contributed by atoms with Crippen LogP contribution in [0.1, 0.15) is 44.4 Å². The first-order valence-electron chi connectivity index (χ1n) is 6.80. The van der Waals surface area contributed by atoms with Crippen LogP contribution in [0.5, 0.6) is 0 Å². The molecule has 0 saturated carbocycles. The van der Waals surface area contributed by atoms with Gasteiger partial charge in [-0.2, -0.15) is 0 Å². The third kappa shape index (κ3) is 5.88. The minimum atomic E-state index is -0.194. The zero-order valence-corrected chi connectivity index (χ0v) is 12.9. The summed E-state index contributed by atoms with van der Waals surface area (Å²) in [6.45, 7) is 12.7. The molecule has 106 valence electrons. The molecule has 0 bridgehead atoms. The molecule has 19 heavy (non-hydrogen) atoms. The van der Waals surface area contributed by atoms with Gasteiger partial charge in [-0.15, -0.1) is 0 Å². The van der Waals surface area contributed by atoms with Gasteiger partial charge < -0.3 is 10.6 Å². The molecule has 2 N–H and O–H groups in total. The highest BCUT2D eigenvalue weighted by Gasteiger charge is 2.18. The van der Waals surface area contributed by atoms with Crippen molar-refractivity contribution in [1.29, 1.82) is 0 Å². The van der Waals surface area contributed by atoms with Crippen LogP contribution in [0.3, 0.4) is 0 Å². The van der Waals surface area contributed by atoms with Gasteiger partial charge in [-0.05, 0) is 47.1 Å². The zero-order chi connectivity index (χ0) is 14.6. The number of nitrogens with one attached hydrogen (secondary N) is 2. The van der Waals surface area contributed by atoms with Crippen LogP contribution in [-0.4, -0.2) is 17.5 Å². The first-order valence-corrected chi connectivity index (χ1v) is 6.80. The Morgan fingerprint density at radius 3 is 2.16 bits per heavy atom. The molecule has 3 nitrogen and oxygen atoms in total. The lowest BCUT2D eigenvalue weighted by Gasteiger charge is -2.23. The summed E-state index contributed by atoms with van der Waals surface area (Å²) in [6.07, 6.45) is 0. The Morgan fingerprint density at radius 1 is 1.16 bits per heavy atom. The molecule has 0 aliphatic carbocycles. The Morgan fingerprint density at radius 2 is 1.68 bits per heavy atom. The van der Waals surface area contributed by atoms with Crippen molar-refractivity contribution in [3.05, 3.63) is 34.9 Å². The number of carbonyl (C=O) groups excluding carboxylic acids is 1. The van der Waals surface area contributed by atoms with Gasteiger partial charge in [0.05, 0.1) is 6.04 Å². The van der Waals surface area contributed by atoms with Gasteiger partial charge in [0.2, 0.25) is 5.91 Å². The Balaban J connectivity index is 2.54. The van der Waals surface area contributed by atoms with Crippen LogP contribution in [0.15, 0.2) is 18.2 Å². The van der Waals surface area contributed by atoms with E-state index in [2.05, 4.69) is 42.7 Å². The number of hydrogen-bond acceptors (Lipinski definition) is 2. The van der Waals surface area contributed by atoms with E-state index in [1.165, 1.54) is 16.7 Å². The minimum Gasteiger partial charge on any atom is -0.350 e.